The maximum absolute atomic E-state index is 4.47. The predicted molar refractivity (Wildman–Crippen MR) is 83.1 cm³/mol. The number of para-hydroxylation sites is 1. The van der Waals surface area contributed by atoms with E-state index in [0.717, 1.165) is 28.2 Å². The molecule has 0 bridgehead atoms. The maximum Gasteiger partial charge on any atom is 0.137 e. The highest BCUT2D eigenvalue weighted by atomic mass is 35.5. The van der Waals surface area contributed by atoms with Crippen molar-refractivity contribution in [3.8, 4) is 0 Å². The van der Waals surface area contributed by atoms with Crippen LogP contribution in [0.1, 0.15) is 11.5 Å². The van der Waals surface area contributed by atoms with Gasteiger partial charge in [-0.1, -0.05) is 18.2 Å². The smallest absolute Gasteiger partial charge is 0.137 e. The zero-order valence-electron chi connectivity index (χ0n) is 11.1. The van der Waals surface area contributed by atoms with Gasteiger partial charge in [0, 0.05) is 11.6 Å². The lowest BCUT2D eigenvalue weighted by Gasteiger charge is -2.09. The molecule has 5 heteroatoms. The normalized spacial score (nSPS) is 10.1. The van der Waals surface area contributed by atoms with Crippen molar-refractivity contribution in [1.82, 2.24) is 15.0 Å². The quantitative estimate of drug-likeness (QED) is 0.802. The van der Waals surface area contributed by atoms with E-state index in [1.807, 2.05) is 49.4 Å². The average molecular weight is 287 g/mol. The van der Waals surface area contributed by atoms with Crippen LogP contribution in [-0.4, -0.2) is 15.0 Å². The highest BCUT2D eigenvalue weighted by Crippen LogP contribution is 2.20. The van der Waals surface area contributed by atoms with Crippen LogP contribution in [0, 0.1) is 6.92 Å². The molecule has 102 valence electrons. The maximum atomic E-state index is 4.47. The largest absolute Gasteiger partial charge is 0.364 e. The Morgan fingerprint density at radius 1 is 1.00 bits per heavy atom. The number of aromatic nitrogens is 3. The van der Waals surface area contributed by atoms with Gasteiger partial charge in [0.2, 0.25) is 0 Å². The molecule has 0 saturated carbocycles. The van der Waals surface area contributed by atoms with Gasteiger partial charge in [0.25, 0.3) is 0 Å². The Balaban J connectivity index is 0.00000147. The first-order valence-electron chi connectivity index (χ1n) is 6.20. The predicted octanol–water partition coefficient (Wildman–Crippen LogP) is 3.37. The molecule has 0 amide bonds. The first kappa shape index (κ1) is 14.2. The lowest BCUT2D eigenvalue weighted by atomic mass is 10.2. The molecule has 0 atom stereocenters. The second kappa shape index (κ2) is 6.30. The fourth-order valence-corrected chi connectivity index (χ4v) is 2.00. The zero-order chi connectivity index (χ0) is 13.1. The molecule has 0 saturated heterocycles. The van der Waals surface area contributed by atoms with Gasteiger partial charge in [-0.2, -0.15) is 0 Å². The van der Waals surface area contributed by atoms with Gasteiger partial charge in [0.1, 0.15) is 11.6 Å². The van der Waals surface area contributed by atoms with Gasteiger partial charge < -0.3 is 5.32 Å². The minimum absolute atomic E-state index is 0. The van der Waals surface area contributed by atoms with Gasteiger partial charge in [-0.05, 0) is 31.2 Å². The van der Waals surface area contributed by atoms with Crippen LogP contribution in [0.4, 0.5) is 5.82 Å². The number of nitrogens with zero attached hydrogens (tertiary/aromatic N) is 3. The van der Waals surface area contributed by atoms with Crippen LogP contribution in [0.25, 0.3) is 10.9 Å². The Hall–Kier alpha value is -2.20. The second-order valence-electron chi connectivity index (χ2n) is 4.31. The molecule has 3 rings (SSSR count). The molecule has 0 unspecified atom stereocenters. The van der Waals surface area contributed by atoms with Crippen LogP contribution in [0.15, 0.2) is 48.7 Å². The van der Waals surface area contributed by atoms with Gasteiger partial charge in [0.05, 0.1) is 17.8 Å². The van der Waals surface area contributed by atoms with Gasteiger partial charge in [-0.3, -0.25) is 4.98 Å². The van der Waals surface area contributed by atoms with Crippen LogP contribution in [-0.2, 0) is 6.54 Å². The molecule has 20 heavy (non-hydrogen) atoms. The molecule has 3 aromatic rings. The Morgan fingerprint density at radius 3 is 2.60 bits per heavy atom. The lowest BCUT2D eigenvalue weighted by Crippen LogP contribution is -2.05. The summed E-state index contributed by atoms with van der Waals surface area (Å²) in [5.74, 6) is 1.62. The molecule has 0 spiro atoms. The molecule has 0 radical (unpaired) electrons. The average Bonchev–Trinajstić information content (AvgIpc) is 2.45. The number of rotatable bonds is 3. The molecule has 4 nitrogen and oxygen atoms in total. The van der Waals surface area contributed by atoms with Crippen LogP contribution >= 0.6 is 12.4 Å². The molecular formula is C15H15ClN4. The Bertz CT molecular complexity index is 701. The number of hydrogen-bond donors (Lipinski definition) is 1. The van der Waals surface area contributed by atoms with E-state index in [1.54, 1.807) is 6.20 Å². The second-order valence-corrected chi connectivity index (χ2v) is 4.31. The van der Waals surface area contributed by atoms with Crippen LogP contribution in [0.5, 0.6) is 0 Å². The van der Waals surface area contributed by atoms with Gasteiger partial charge in [0.15, 0.2) is 0 Å². The monoisotopic (exact) mass is 286 g/mol. The summed E-state index contributed by atoms with van der Waals surface area (Å²) in [5, 5.41) is 4.36. The SMILES string of the molecule is Cc1nc(NCc2ccccn2)c2ccccc2n1.Cl. The summed E-state index contributed by atoms with van der Waals surface area (Å²) in [7, 11) is 0. The summed E-state index contributed by atoms with van der Waals surface area (Å²) in [6.07, 6.45) is 1.79. The molecule has 2 aromatic heterocycles. The van der Waals surface area contributed by atoms with Crippen molar-refractivity contribution in [1.29, 1.82) is 0 Å². The third-order valence-corrected chi connectivity index (χ3v) is 2.88. The van der Waals surface area contributed by atoms with Crippen molar-refractivity contribution in [3.05, 3.63) is 60.2 Å². The van der Waals surface area contributed by atoms with Gasteiger partial charge in [-0.25, -0.2) is 9.97 Å². The van der Waals surface area contributed by atoms with E-state index < -0.39 is 0 Å². The number of benzene rings is 1. The zero-order valence-corrected chi connectivity index (χ0v) is 11.9. The van der Waals surface area contributed by atoms with E-state index in [9.17, 15) is 0 Å². The summed E-state index contributed by atoms with van der Waals surface area (Å²) in [4.78, 5) is 13.2. The molecule has 1 aromatic carbocycles. The third kappa shape index (κ3) is 3.03. The molecule has 0 fully saturated rings. The van der Waals surface area contributed by atoms with Crippen LogP contribution in [0.3, 0.4) is 0 Å². The Kier molecular flexibility index (Phi) is 4.48. The van der Waals surface area contributed by atoms with Crippen LogP contribution < -0.4 is 5.32 Å². The first-order chi connectivity index (χ1) is 9.33. The standard InChI is InChI=1S/C15H14N4.ClH/c1-11-18-14-8-3-2-7-13(14)15(19-11)17-10-12-6-4-5-9-16-12;/h2-9H,10H2,1H3,(H,17,18,19);1H. The van der Waals surface area contributed by atoms with Crippen molar-refractivity contribution in [2.24, 2.45) is 0 Å². The molecular weight excluding hydrogens is 272 g/mol. The highest BCUT2D eigenvalue weighted by molar-refractivity contribution is 5.88. The fourth-order valence-electron chi connectivity index (χ4n) is 2.00. The Morgan fingerprint density at radius 2 is 1.80 bits per heavy atom. The number of fused-ring (bicyclic) bond motifs is 1. The topological polar surface area (TPSA) is 50.7 Å². The van der Waals surface area contributed by atoms with E-state index in [2.05, 4.69) is 20.3 Å². The summed E-state index contributed by atoms with van der Waals surface area (Å²) in [6.45, 7) is 2.56. The van der Waals surface area contributed by atoms with Gasteiger partial charge in [-0.15, -0.1) is 12.4 Å². The van der Waals surface area contributed by atoms with Gasteiger partial charge >= 0.3 is 0 Å². The number of nitrogens with one attached hydrogen (secondary N) is 1. The third-order valence-electron chi connectivity index (χ3n) is 2.88. The van der Waals surface area contributed by atoms with Crippen molar-refractivity contribution in [3.63, 3.8) is 0 Å². The number of hydrogen-bond acceptors (Lipinski definition) is 4. The molecule has 2 heterocycles. The molecule has 0 aliphatic heterocycles. The number of aryl methyl sites for hydroxylation is 1. The van der Waals surface area contributed by atoms with Crippen molar-refractivity contribution in [2.75, 3.05) is 5.32 Å². The van der Waals surface area contributed by atoms with E-state index in [4.69, 9.17) is 0 Å². The lowest BCUT2D eigenvalue weighted by molar-refractivity contribution is 1.01. The summed E-state index contributed by atoms with van der Waals surface area (Å²) in [5.41, 5.74) is 1.95. The Labute approximate surface area is 123 Å². The van der Waals surface area contributed by atoms with Crippen molar-refractivity contribution in [2.45, 2.75) is 13.5 Å². The summed E-state index contributed by atoms with van der Waals surface area (Å²) >= 11 is 0. The molecule has 1 N–H and O–H groups in total. The van der Waals surface area contributed by atoms with E-state index in [-0.39, 0.29) is 12.4 Å². The summed E-state index contributed by atoms with van der Waals surface area (Å²) < 4.78 is 0. The van der Waals surface area contributed by atoms with E-state index in [0.29, 0.717) is 6.54 Å². The highest BCUT2D eigenvalue weighted by Gasteiger charge is 2.04. The number of pyridine rings is 1. The first-order valence-corrected chi connectivity index (χ1v) is 6.20. The number of anilines is 1. The summed E-state index contributed by atoms with van der Waals surface area (Å²) in [6, 6.07) is 13.9. The fraction of sp³-hybridized carbons (Fsp3) is 0.133. The van der Waals surface area contributed by atoms with Crippen molar-refractivity contribution < 1.29 is 0 Å². The molecule has 0 aliphatic rings. The van der Waals surface area contributed by atoms with Crippen LogP contribution in [0.2, 0.25) is 0 Å². The molecule has 0 aliphatic carbocycles. The number of halogens is 1. The minimum Gasteiger partial charge on any atom is -0.364 e. The van der Waals surface area contributed by atoms with Crippen molar-refractivity contribution >= 4 is 29.1 Å². The van der Waals surface area contributed by atoms with E-state index >= 15 is 0 Å². The minimum atomic E-state index is 0. The van der Waals surface area contributed by atoms with E-state index in [1.165, 1.54) is 0 Å².